The quantitative estimate of drug-likeness (QED) is 0.164. The van der Waals surface area contributed by atoms with Crippen molar-refractivity contribution >= 4 is 99.8 Å². The SMILES string of the molecule is Cc1cc(C(C)(C)C)ccc1N(c1ccc2c(c1)N1c3ccc(C(C)(C)C)cc3-c3ccc(cc3)C(C)(C)c3cc1c1c(c3)-n3c4c(cccc4c4sc5ccccc5c43)B21)c1ccc(C(C)(C)C)cc1C. The Bertz CT molecular complexity index is 3870. The van der Waals surface area contributed by atoms with Gasteiger partial charge in [-0.2, -0.15) is 0 Å². The average Bonchev–Trinajstić information content (AvgIpc) is 3.87. The minimum atomic E-state index is -0.302. The summed E-state index contributed by atoms with van der Waals surface area (Å²) in [7, 11) is 0. The fraction of sp³-hybridized carbons (Fsp3) is 0.254. The van der Waals surface area contributed by atoms with Crippen LogP contribution in [0.5, 0.6) is 0 Å². The summed E-state index contributed by atoms with van der Waals surface area (Å²) in [5.74, 6) is 0. The Morgan fingerprint density at radius 1 is 0.500 bits per heavy atom. The third-order valence-electron chi connectivity index (χ3n) is 16.7. The molecule has 4 bridgehead atoms. The molecule has 0 fully saturated rings. The first-order valence-corrected chi connectivity index (χ1v) is 26.9. The molecule has 0 amide bonds. The van der Waals surface area contributed by atoms with Crippen molar-refractivity contribution in [1.29, 1.82) is 0 Å². The summed E-state index contributed by atoms with van der Waals surface area (Å²) in [5, 5.41) is 2.66. The third kappa shape index (κ3) is 6.48. The Hall–Kier alpha value is -6.82. The van der Waals surface area contributed by atoms with Gasteiger partial charge < -0.3 is 14.4 Å². The number of para-hydroxylation sites is 1. The maximum Gasteiger partial charge on any atom is 0.252 e. The highest BCUT2D eigenvalue weighted by Gasteiger charge is 2.45. The Morgan fingerprint density at radius 3 is 1.76 bits per heavy atom. The lowest BCUT2D eigenvalue weighted by Gasteiger charge is -2.43. The number of fused-ring (bicyclic) bond motifs is 11. The van der Waals surface area contributed by atoms with Gasteiger partial charge in [0, 0.05) is 60.6 Å². The molecule has 2 aromatic heterocycles. The molecule has 356 valence electrons. The zero-order valence-electron chi connectivity index (χ0n) is 44.3. The number of hydrogen-bond donors (Lipinski definition) is 0. The van der Waals surface area contributed by atoms with Crippen LogP contribution in [0, 0.1) is 13.8 Å². The summed E-state index contributed by atoms with van der Waals surface area (Å²) in [5.41, 5.74) is 26.5. The second-order valence-electron chi connectivity index (χ2n) is 24.8. The minimum Gasteiger partial charge on any atom is -0.311 e. The first kappa shape index (κ1) is 45.1. The van der Waals surface area contributed by atoms with E-state index in [9.17, 15) is 0 Å². The van der Waals surface area contributed by atoms with Gasteiger partial charge in [-0.15, -0.1) is 11.3 Å². The van der Waals surface area contributed by atoms with E-state index >= 15 is 0 Å². The van der Waals surface area contributed by atoms with Crippen LogP contribution in [0.2, 0.25) is 0 Å². The molecule has 0 N–H and O–H groups in total. The molecule has 0 spiro atoms. The topological polar surface area (TPSA) is 11.4 Å². The van der Waals surface area contributed by atoms with Crippen molar-refractivity contribution in [3.8, 4) is 16.8 Å². The van der Waals surface area contributed by atoms with Gasteiger partial charge in [0.2, 0.25) is 0 Å². The number of aryl methyl sites for hydroxylation is 2. The van der Waals surface area contributed by atoms with Crippen LogP contribution in [-0.4, -0.2) is 11.3 Å². The Labute approximate surface area is 430 Å². The number of nitrogens with zero attached hydrogens (tertiary/aromatic N) is 3. The maximum atomic E-state index is 2.67. The molecule has 3 nitrogen and oxygen atoms in total. The van der Waals surface area contributed by atoms with Gasteiger partial charge in [-0.25, -0.2) is 0 Å². The molecule has 8 aromatic carbocycles. The zero-order valence-corrected chi connectivity index (χ0v) is 45.1. The lowest BCUT2D eigenvalue weighted by atomic mass is 9.33. The molecule has 6 heterocycles. The van der Waals surface area contributed by atoms with Crippen LogP contribution in [0.25, 0.3) is 48.0 Å². The average molecular weight is 954 g/mol. The van der Waals surface area contributed by atoms with E-state index in [1.807, 2.05) is 11.3 Å². The molecule has 0 unspecified atom stereocenters. The van der Waals surface area contributed by atoms with Crippen LogP contribution < -0.4 is 26.2 Å². The molecule has 10 aromatic rings. The third-order valence-corrected chi connectivity index (χ3v) is 17.9. The molecule has 0 radical (unpaired) electrons. The lowest BCUT2D eigenvalue weighted by molar-refractivity contribution is 0.589. The number of thiophene rings is 1. The first-order valence-electron chi connectivity index (χ1n) is 26.0. The van der Waals surface area contributed by atoms with Crippen molar-refractivity contribution in [2.75, 3.05) is 9.80 Å². The van der Waals surface area contributed by atoms with Crippen molar-refractivity contribution in [2.24, 2.45) is 0 Å². The van der Waals surface area contributed by atoms with Crippen LogP contribution in [0.15, 0.2) is 152 Å². The predicted molar refractivity (Wildman–Crippen MR) is 313 cm³/mol. The fourth-order valence-electron chi connectivity index (χ4n) is 12.5. The summed E-state index contributed by atoms with van der Waals surface area (Å²) >= 11 is 1.94. The van der Waals surface area contributed by atoms with Gasteiger partial charge in [0.15, 0.2) is 0 Å². The van der Waals surface area contributed by atoms with Crippen molar-refractivity contribution in [2.45, 2.75) is 112 Å². The second kappa shape index (κ2) is 15.1. The van der Waals surface area contributed by atoms with Crippen LogP contribution in [-0.2, 0) is 21.7 Å². The maximum absolute atomic E-state index is 2.67. The van der Waals surface area contributed by atoms with Crippen LogP contribution >= 0.6 is 11.3 Å². The zero-order chi connectivity index (χ0) is 50.1. The van der Waals surface area contributed by atoms with Gasteiger partial charge in [-0.05, 0) is 146 Å². The van der Waals surface area contributed by atoms with E-state index in [0.29, 0.717) is 0 Å². The van der Waals surface area contributed by atoms with E-state index in [1.54, 1.807) is 0 Å². The van der Waals surface area contributed by atoms with Crippen LogP contribution in [0.4, 0.5) is 34.1 Å². The normalized spacial score (nSPS) is 14.5. The van der Waals surface area contributed by atoms with Gasteiger partial charge in [0.05, 0.1) is 21.4 Å². The van der Waals surface area contributed by atoms with Gasteiger partial charge in [0.1, 0.15) is 0 Å². The molecule has 0 aliphatic carbocycles. The summed E-state index contributed by atoms with van der Waals surface area (Å²) in [6.45, 7) is 30.3. The van der Waals surface area contributed by atoms with E-state index in [4.69, 9.17) is 0 Å². The largest absolute Gasteiger partial charge is 0.311 e. The van der Waals surface area contributed by atoms with Gasteiger partial charge in [-0.3, -0.25) is 0 Å². The van der Waals surface area contributed by atoms with Gasteiger partial charge >= 0.3 is 0 Å². The molecule has 72 heavy (non-hydrogen) atoms. The number of aromatic nitrogens is 1. The van der Waals surface area contributed by atoms with Crippen molar-refractivity contribution in [3.05, 3.63) is 191 Å². The van der Waals surface area contributed by atoms with Crippen LogP contribution in [0.3, 0.4) is 0 Å². The summed E-state index contributed by atoms with van der Waals surface area (Å²) in [6.07, 6.45) is 0. The molecule has 4 aliphatic heterocycles. The Balaban J connectivity index is 1.17. The Kier molecular flexibility index (Phi) is 9.47. The first-order chi connectivity index (χ1) is 34.2. The number of anilines is 6. The van der Waals surface area contributed by atoms with Crippen molar-refractivity contribution in [3.63, 3.8) is 0 Å². The summed E-state index contributed by atoms with van der Waals surface area (Å²) in [6, 6.07) is 59.8. The summed E-state index contributed by atoms with van der Waals surface area (Å²) in [4.78, 5) is 5.22. The molecular weight excluding hydrogens is 890 g/mol. The van der Waals surface area contributed by atoms with E-state index in [-0.39, 0.29) is 28.4 Å². The molecule has 14 rings (SSSR count). The van der Waals surface area contributed by atoms with Crippen LogP contribution in [0.1, 0.15) is 115 Å². The standard InChI is InChI=1S/C67H64BN3S/c1-39-33-43(64(3,4)5)25-30-53(39)69(54-31-26-44(34-40(54)2)65(6,7)8)47-28-29-51-56(38-47)70-55-32-27-45(66(9,10)11)35-50(55)41-21-23-42(24-22-41)67(12,13)46-36-57(70)60-58(37-46)71-61-49(18-16-19-52(61)68(51)60)63-62(71)48-17-14-15-20-59(48)72-63/h14-38H,1-13H3. The minimum absolute atomic E-state index is 0.00342. The second-order valence-corrected chi connectivity index (χ2v) is 25.9. The highest BCUT2D eigenvalue weighted by Crippen LogP contribution is 2.52. The molecule has 0 saturated heterocycles. The Morgan fingerprint density at radius 2 is 1.11 bits per heavy atom. The fourth-order valence-corrected chi connectivity index (χ4v) is 13.7. The van der Waals surface area contributed by atoms with E-state index in [1.165, 1.54) is 132 Å². The number of rotatable bonds is 3. The smallest absolute Gasteiger partial charge is 0.252 e. The molecule has 5 heteroatoms. The predicted octanol–water partition coefficient (Wildman–Crippen LogP) is 16.9. The molecule has 4 aliphatic rings. The molecule has 0 atom stereocenters. The highest BCUT2D eigenvalue weighted by molar-refractivity contribution is 7.26. The molecular formula is C67H64BN3S. The van der Waals surface area contributed by atoms with E-state index in [2.05, 4.69) is 256 Å². The highest BCUT2D eigenvalue weighted by atomic mass is 32.1. The monoisotopic (exact) mass is 953 g/mol. The number of hydrogen-bond acceptors (Lipinski definition) is 3. The van der Waals surface area contributed by atoms with Crippen molar-refractivity contribution in [1.82, 2.24) is 4.57 Å². The van der Waals surface area contributed by atoms with Gasteiger partial charge in [0.25, 0.3) is 6.71 Å². The van der Waals surface area contributed by atoms with E-state index in [0.717, 1.165) is 5.69 Å². The molecule has 0 saturated carbocycles. The van der Waals surface area contributed by atoms with Gasteiger partial charge in [-0.1, -0.05) is 173 Å². The lowest BCUT2D eigenvalue weighted by Crippen LogP contribution is -2.60. The summed E-state index contributed by atoms with van der Waals surface area (Å²) < 4.78 is 5.37. The van der Waals surface area contributed by atoms with E-state index < -0.39 is 0 Å². The van der Waals surface area contributed by atoms with Crippen molar-refractivity contribution < 1.29 is 0 Å². The number of benzene rings is 8.